The molecule has 22 heavy (non-hydrogen) atoms. The van der Waals surface area contributed by atoms with E-state index in [0.29, 0.717) is 5.69 Å². The average molecular weight is 302 g/mol. The van der Waals surface area contributed by atoms with Crippen molar-refractivity contribution >= 4 is 11.7 Å². The zero-order valence-electron chi connectivity index (χ0n) is 13.5. The second kappa shape index (κ2) is 7.09. The fourth-order valence-electron chi connectivity index (χ4n) is 3.27. The molecule has 0 N–H and O–H groups in total. The second-order valence-corrected chi connectivity index (χ2v) is 6.16. The number of rotatable bonds is 3. The highest BCUT2D eigenvalue weighted by molar-refractivity contribution is 5.92. The standard InChI is InChI=1S/C17H26N4O/c1-2-19-11-13-21(14-12-19)17(22)15-7-6-8-16(18-15)20-9-4-3-5-10-20/h6-8H,2-5,9-14H2,1H3. The number of amides is 1. The summed E-state index contributed by atoms with van der Waals surface area (Å²) in [6, 6.07) is 5.84. The van der Waals surface area contributed by atoms with Crippen LogP contribution in [0.4, 0.5) is 5.82 Å². The van der Waals surface area contributed by atoms with Gasteiger partial charge in [0.05, 0.1) is 0 Å². The van der Waals surface area contributed by atoms with E-state index in [1.54, 1.807) is 0 Å². The Morgan fingerprint density at radius 1 is 1.05 bits per heavy atom. The van der Waals surface area contributed by atoms with Crippen LogP contribution in [0.15, 0.2) is 18.2 Å². The maximum absolute atomic E-state index is 12.7. The van der Waals surface area contributed by atoms with E-state index in [0.717, 1.165) is 51.6 Å². The van der Waals surface area contributed by atoms with Crippen molar-refractivity contribution in [1.29, 1.82) is 0 Å². The number of aromatic nitrogens is 1. The molecule has 3 rings (SSSR count). The summed E-state index contributed by atoms with van der Waals surface area (Å²) in [6.45, 7) is 8.89. The Bertz CT molecular complexity index is 505. The van der Waals surface area contributed by atoms with Crippen LogP contribution in [-0.2, 0) is 0 Å². The van der Waals surface area contributed by atoms with E-state index in [1.165, 1.54) is 19.3 Å². The Hall–Kier alpha value is -1.62. The van der Waals surface area contributed by atoms with Crippen molar-refractivity contribution in [2.45, 2.75) is 26.2 Å². The number of pyridine rings is 1. The third kappa shape index (κ3) is 3.40. The van der Waals surface area contributed by atoms with Gasteiger partial charge in [-0.3, -0.25) is 4.79 Å². The van der Waals surface area contributed by atoms with Crippen molar-refractivity contribution in [2.75, 3.05) is 50.7 Å². The van der Waals surface area contributed by atoms with Crippen molar-refractivity contribution in [3.05, 3.63) is 23.9 Å². The molecular formula is C17H26N4O. The van der Waals surface area contributed by atoms with Gasteiger partial charge >= 0.3 is 0 Å². The average Bonchev–Trinajstić information content (AvgIpc) is 2.62. The van der Waals surface area contributed by atoms with Gasteiger partial charge in [-0.25, -0.2) is 4.98 Å². The third-order valence-corrected chi connectivity index (χ3v) is 4.74. The van der Waals surface area contributed by atoms with Crippen LogP contribution in [0.25, 0.3) is 0 Å². The predicted octanol–water partition coefficient (Wildman–Crippen LogP) is 1.85. The minimum absolute atomic E-state index is 0.0783. The number of piperidine rings is 1. The largest absolute Gasteiger partial charge is 0.357 e. The first-order valence-corrected chi connectivity index (χ1v) is 8.51. The van der Waals surface area contributed by atoms with Gasteiger partial charge in [-0.2, -0.15) is 0 Å². The predicted molar refractivity (Wildman–Crippen MR) is 88.3 cm³/mol. The molecule has 5 nitrogen and oxygen atoms in total. The zero-order valence-corrected chi connectivity index (χ0v) is 13.5. The van der Waals surface area contributed by atoms with Gasteiger partial charge in [0.15, 0.2) is 0 Å². The van der Waals surface area contributed by atoms with E-state index in [2.05, 4.69) is 21.7 Å². The SMILES string of the molecule is CCN1CCN(C(=O)c2cccc(N3CCCCC3)n2)CC1. The Balaban J connectivity index is 1.67. The molecule has 2 aliphatic rings. The van der Waals surface area contributed by atoms with Gasteiger partial charge in [-0.15, -0.1) is 0 Å². The molecule has 2 fully saturated rings. The summed E-state index contributed by atoms with van der Waals surface area (Å²) in [6.07, 6.45) is 3.74. The van der Waals surface area contributed by atoms with Gasteiger partial charge in [-0.05, 0) is 37.9 Å². The number of carbonyl (C=O) groups excluding carboxylic acids is 1. The lowest BCUT2D eigenvalue weighted by atomic mass is 10.1. The first kappa shape index (κ1) is 15.3. The number of piperazine rings is 1. The van der Waals surface area contributed by atoms with Crippen molar-refractivity contribution < 1.29 is 4.79 Å². The van der Waals surface area contributed by atoms with E-state index in [4.69, 9.17) is 0 Å². The van der Waals surface area contributed by atoms with Crippen LogP contribution >= 0.6 is 0 Å². The molecule has 0 spiro atoms. The zero-order chi connectivity index (χ0) is 15.4. The summed E-state index contributed by atoms with van der Waals surface area (Å²) >= 11 is 0. The Kier molecular flexibility index (Phi) is 4.93. The van der Waals surface area contributed by atoms with Gasteiger partial charge in [0.25, 0.3) is 5.91 Å². The number of hydrogen-bond acceptors (Lipinski definition) is 4. The molecule has 0 aromatic carbocycles. The van der Waals surface area contributed by atoms with Gasteiger partial charge in [-0.1, -0.05) is 13.0 Å². The first-order valence-electron chi connectivity index (χ1n) is 8.51. The lowest BCUT2D eigenvalue weighted by molar-refractivity contribution is 0.0637. The molecule has 3 heterocycles. The smallest absolute Gasteiger partial charge is 0.272 e. The number of likely N-dealkylation sites (N-methyl/N-ethyl adjacent to an activating group) is 1. The molecule has 5 heteroatoms. The normalized spacial score (nSPS) is 20.2. The highest BCUT2D eigenvalue weighted by atomic mass is 16.2. The number of hydrogen-bond donors (Lipinski definition) is 0. The molecule has 120 valence electrons. The molecule has 1 aromatic rings. The summed E-state index contributed by atoms with van der Waals surface area (Å²) in [4.78, 5) is 23.9. The van der Waals surface area contributed by atoms with Crippen molar-refractivity contribution in [3.63, 3.8) is 0 Å². The van der Waals surface area contributed by atoms with E-state index in [-0.39, 0.29) is 5.91 Å². The van der Waals surface area contributed by atoms with E-state index in [1.807, 2.05) is 23.1 Å². The number of nitrogens with zero attached hydrogens (tertiary/aromatic N) is 4. The minimum atomic E-state index is 0.0783. The Labute approximate surface area is 132 Å². The summed E-state index contributed by atoms with van der Waals surface area (Å²) in [7, 11) is 0. The quantitative estimate of drug-likeness (QED) is 0.854. The molecule has 0 bridgehead atoms. The van der Waals surface area contributed by atoms with Gasteiger partial charge < -0.3 is 14.7 Å². The van der Waals surface area contributed by atoms with Crippen LogP contribution in [-0.4, -0.2) is 66.5 Å². The molecule has 2 aliphatic heterocycles. The highest BCUT2D eigenvalue weighted by Gasteiger charge is 2.23. The molecule has 0 aliphatic carbocycles. The molecule has 0 saturated carbocycles. The van der Waals surface area contributed by atoms with Gasteiger partial charge in [0, 0.05) is 39.3 Å². The third-order valence-electron chi connectivity index (χ3n) is 4.74. The summed E-state index contributed by atoms with van der Waals surface area (Å²) in [5.74, 6) is 1.03. The van der Waals surface area contributed by atoms with Crippen molar-refractivity contribution in [1.82, 2.24) is 14.8 Å². The number of anilines is 1. The van der Waals surface area contributed by atoms with Crippen molar-refractivity contribution in [2.24, 2.45) is 0 Å². The van der Waals surface area contributed by atoms with Crippen LogP contribution in [0, 0.1) is 0 Å². The Morgan fingerprint density at radius 3 is 2.45 bits per heavy atom. The molecule has 0 radical (unpaired) electrons. The van der Waals surface area contributed by atoms with Gasteiger partial charge in [0.2, 0.25) is 0 Å². The van der Waals surface area contributed by atoms with E-state index < -0.39 is 0 Å². The van der Waals surface area contributed by atoms with Crippen LogP contribution in [0.2, 0.25) is 0 Å². The monoisotopic (exact) mass is 302 g/mol. The van der Waals surface area contributed by atoms with Crippen molar-refractivity contribution in [3.8, 4) is 0 Å². The van der Waals surface area contributed by atoms with Crippen LogP contribution < -0.4 is 4.90 Å². The fraction of sp³-hybridized carbons (Fsp3) is 0.647. The summed E-state index contributed by atoms with van der Waals surface area (Å²) < 4.78 is 0. The summed E-state index contributed by atoms with van der Waals surface area (Å²) in [5, 5.41) is 0. The van der Waals surface area contributed by atoms with Crippen LogP contribution in [0.3, 0.4) is 0 Å². The summed E-state index contributed by atoms with van der Waals surface area (Å²) in [5.41, 5.74) is 0.591. The highest BCUT2D eigenvalue weighted by Crippen LogP contribution is 2.18. The second-order valence-electron chi connectivity index (χ2n) is 6.16. The van der Waals surface area contributed by atoms with Crippen LogP contribution in [0.1, 0.15) is 36.7 Å². The minimum Gasteiger partial charge on any atom is -0.357 e. The van der Waals surface area contributed by atoms with Gasteiger partial charge in [0.1, 0.15) is 11.5 Å². The fourth-order valence-corrected chi connectivity index (χ4v) is 3.27. The van der Waals surface area contributed by atoms with Crippen LogP contribution in [0.5, 0.6) is 0 Å². The van der Waals surface area contributed by atoms with E-state index in [9.17, 15) is 4.79 Å². The lowest BCUT2D eigenvalue weighted by Crippen LogP contribution is -2.48. The van der Waals surface area contributed by atoms with E-state index >= 15 is 0 Å². The molecule has 1 amide bonds. The molecule has 0 unspecified atom stereocenters. The maximum Gasteiger partial charge on any atom is 0.272 e. The Morgan fingerprint density at radius 2 is 1.77 bits per heavy atom. The molecular weight excluding hydrogens is 276 g/mol. The maximum atomic E-state index is 12.7. The first-order chi connectivity index (χ1) is 10.8. The lowest BCUT2D eigenvalue weighted by Gasteiger charge is -2.34. The molecule has 2 saturated heterocycles. The number of carbonyl (C=O) groups is 1. The topological polar surface area (TPSA) is 39.7 Å². The molecule has 1 aromatic heterocycles. The molecule has 0 atom stereocenters.